The van der Waals surface area contributed by atoms with Crippen LogP contribution in [0.3, 0.4) is 0 Å². The van der Waals surface area contributed by atoms with E-state index in [0.717, 1.165) is 12.8 Å². The van der Waals surface area contributed by atoms with E-state index in [2.05, 4.69) is 20.8 Å². The molecule has 5 heteroatoms. The standard InChI is InChI=1S/C30H35NO4/c1-16(15-31-27(33)18-6-4-5-7-19(18)28(31)34)20-8-9-21-24-22(11-13-29(20,21)2)30(3)12-10-17(32)14-23(30)25-26(24)35-25/h4-7,14,16,20-22,24-26H,8-13,15H2,1-3H3/t16-,20?,21?,22?,24?,25-,26+,29-,30-/m1/s1. The third-order valence-electron chi connectivity index (χ3n) is 11.3. The fraction of sp³-hybridized carbons (Fsp3) is 0.633. The maximum absolute atomic E-state index is 13.0. The van der Waals surface area contributed by atoms with Crippen LogP contribution < -0.4 is 0 Å². The van der Waals surface area contributed by atoms with Gasteiger partial charge in [-0.3, -0.25) is 19.3 Å². The Labute approximate surface area is 207 Å². The second-order valence-electron chi connectivity index (χ2n) is 12.8. The van der Waals surface area contributed by atoms with Gasteiger partial charge in [0, 0.05) is 13.0 Å². The predicted octanol–water partition coefficient (Wildman–Crippen LogP) is 5.05. The molecule has 0 radical (unpaired) electrons. The van der Waals surface area contributed by atoms with Gasteiger partial charge in [-0.1, -0.05) is 32.9 Å². The van der Waals surface area contributed by atoms with Crippen LogP contribution in [0.1, 0.15) is 80.0 Å². The normalized spacial score (nSPS) is 44.1. The molecule has 4 unspecified atom stereocenters. The summed E-state index contributed by atoms with van der Waals surface area (Å²) in [4.78, 5) is 39.7. The molecule has 4 aliphatic carbocycles. The summed E-state index contributed by atoms with van der Waals surface area (Å²) < 4.78 is 6.33. The summed E-state index contributed by atoms with van der Waals surface area (Å²) in [5.74, 6) is 2.52. The average molecular weight is 474 g/mol. The molecule has 0 aromatic heterocycles. The predicted molar refractivity (Wildman–Crippen MR) is 131 cm³/mol. The molecule has 5 nitrogen and oxygen atoms in total. The van der Waals surface area contributed by atoms with E-state index >= 15 is 0 Å². The van der Waals surface area contributed by atoms with Gasteiger partial charge in [-0.15, -0.1) is 0 Å². The van der Waals surface area contributed by atoms with E-state index in [1.165, 1.54) is 29.7 Å². The quantitative estimate of drug-likeness (QED) is 0.455. The smallest absolute Gasteiger partial charge is 0.261 e. The first-order valence-electron chi connectivity index (χ1n) is 13.6. The van der Waals surface area contributed by atoms with Crippen molar-refractivity contribution in [3.05, 3.63) is 47.0 Å². The number of hydrogen-bond donors (Lipinski definition) is 0. The zero-order valence-electron chi connectivity index (χ0n) is 21.0. The number of nitrogens with zero attached hydrogens (tertiary/aromatic N) is 1. The molecule has 184 valence electrons. The number of epoxide rings is 1. The highest BCUT2D eigenvalue weighted by atomic mass is 16.6. The van der Waals surface area contributed by atoms with Crippen LogP contribution in [0.15, 0.2) is 35.9 Å². The van der Waals surface area contributed by atoms with Gasteiger partial charge < -0.3 is 4.74 Å². The van der Waals surface area contributed by atoms with Crippen molar-refractivity contribution in [3.63, 3.8) is 0 Å². The SMILES string of the molecule is C[C@H](CN1C(=O)c2ccccc2C1=O)C1CCC2C3C(CC[C@@]21C)[C@@]1(C)CCC(=O)C=C1[C@H]1O[C@@H]31. The number of amides is 2. The van der Waals surface area contributed by atoms with Crippen LogP contribution in [-0.4, -0.2) is 41.3 Å². The lowest BCUT2D eigenvalue weighted by Gasteiger charge is -2.57. The van der Waals surface area contributed by atoms with Crippen molar-refractivity contribution >= 4 is 17.6 Å². The van der Waals surface area contributed by atoms with Gasteiger partial charge in [-0.2, -0.15) is 0 Å². The van der Waals surface area contributed by atoms with Gasteiger partial charge in [0.05, 0.1) is 17.2 Å². The number of carbonyl (C=O) groups is 3. The molecule has 1 aromatic rings. The van der Waals surface area contributed by atoms with Gasteiger partial charge in [0.1, 0.15) is 6.10 Å². The molecular formula is C30H35NO4. The number of carbonyl (C=O) groups excluding carboxylic acids is 3. The van der Waals surface area contributed by atoms with E-state index in [1.54, 1.807) is 12.1 Å². The molecule has 0 bridgehead atoms. The highest BCUT2D eigenvalue weighted by molar-refractivity contribution is 6.21. The molecule has 1 aromatic carbocycles. The van der Waals surface area contributed by atoms with Crippen molar-refractivity contribution in [2.24, 2.45) is 40.4 Å². The van der Waals surface area contributed by atoms with Crippen LogP contribution in [0.2, 0.25) is 0 Å². The van der Waals surface area contributed by atoms with E-state index in [9.17, 15) is 14.4 Å². The Morgan fingerprint density at radius 2 is 1.71 bits per heavy atom. The molecular weight excluding hydrogens is 438 g/mol. The Balaban J connectivity index is 1.14. The van der Waals surface area contributed by atoms with E-state index in [-0.39, 0.29) is 46.6 Å². The van der Waals surface area contributed by atoms with Crippen LogP contribution in [0, 0.1) is 40.4 Å². The second-order valence-corrected chi connectivity index (χ2v) is 12.8. The molecule has 6 aliphatic rings. The molecule has 4 fully saturated rings. The fourth-order valence-electron chi connectivity index (χ4n) is 9.60. The number of ether oxygens (including phenoxy) is 1. The Morgan fingerprint density at radius 1 is 1.00 bits per heavy atom. The minimum Gasteiger partial charge on any atom is -0.365 e. The van der Waals surface area contributed by atoms with E-state index in [1.807, 2.05) is 18.2 Å². The first-order chi connectivity index (χ1) is 16.7. The number of ketones is 1. The Hall–Kier alpha value is -2.27. The van der Waals surface area contributed by atoms with E-state index in [0.29, 0.717) is 47.8 Å². The van der Waals surface area contributed by atoms with Crippen LogP contribution in [-0.2, 0) is 9.53 Å². The van der Waals surface area contributed by atoms with Crippen LogP contribution in [0.25, 0.3) is 0 Å². The van der Waals surface area contributed by atoms with Gasteiger partial charge in [-0.05, 0) is 96.3 Å². The number of rotatable bonds is 3. The minimum absolute atomic E-state index is 0.0987. The molecule has 9 atom stereocenters. The van der Waals surface area contributed by atoms with Crippen molar-refractivity contribution in [1.82, 2.24) is 4.90 Å². The molecule has 2 aliphatic heterocycles. The van der Waals surface area contributed by atoms with Crippen molar-refractivity contribution in [2.75, 3.05) is 6.54 Å². The molecule has 0 N–H and O–H groups in total. The first kappa shape index (κ1) is 22.0. The van der Waals surface area contributed by atoms with Gasteiger partial charge in [0.25, 0.3) is 11.8 Å². The summed E-state index contributed by atoms with van der Waals surface area (Å²) >= 11 is 0. The minimum atomic E-state index is -0.138. The van der Waals surface area contributed by atoms with Gasteiger partial charge in [0.2, 0.25) is 0 Å². The van der Waals surface area contributed by atoms with Crippen LogP contribution >= 0.6 is 0 Å². The Morgan fingerprint density at radius 3 is 2.43 bits per heavy atom. The molecule has 35 heavy (non-hydrogen) atoms. The number of hydrogen-bond acceptors (Lipinski definition) is 4. The Kier molecular flexibility index (Phi) is 4.49. The maximum Gasteiger partial charge on any atom is 0.261 e. The zero-order valence-corrected chi connectivity index (χ0v) is 21.0. The third kappa shape index (κ3) is 2.82. The summed E-state index contributed by atoms with van der Waals surface area (Å²) in [6.45, 7) is 7.64. The first-order valence-corrected chi connectivity index (χ1v) is 13.6. The highest BCUT2D eigenvalue weighted by Gasteiger charge is 2.69. The average Bonchev–Trinajstić information content (AvgIpc) is 3.51. The molecule has 2 heterocycles. The summed E-state index contributed by atoms with van der Waals surface area (Å²) in [7, 11) is 0. The third-order valence-corrected chi connectivity index (χ3v) is 11.3. The summed E-state index contributed by atoms with van der Waals surface area (Å²) in [5, 5.41) is 0. The fourth-order valence-corrected chi connectivity index (χ4v) is 9.60. The molecule has 1 saturated heterocycles. The number of benzene rings is 1. The van der Waals surface area contributed by atoms with Crippen molar-refractivity contribution in [2.45, 2.75) is 71.5 Å². The van der Waals surface area contributed by atoms with Crippen molar-refractivity contribution in [1.29, 1.82) is 0 Å². The summed E-state index contributed by atoms with van der Waals surface area (Å²) in [5.41, 5.74) is 2.68. The van der Waals surface area contributed by atoms with Gasteiger partial charge in [-0.25, -0.2) is 0 Å². The van der Waals surface area contributed by atoms with Gasteiger partial charge in [0.15, 0.2) is 5.78 Å². The topological polar surface area (TPSA) is 67.0 Å². The maximum atomic E-state index is 13.0. The van der Waals surface area contributed by atoms with Gasteiger partial charge >= 0.3 is 0 Å². The lowest BCUT2D eigenvalue weighted by Crippen LogP contribution is -2.54. The monoisotopic (exact) mass is 473 g/mol. The molecule has 0 spiro atoms. The van der Waals surface area contributed by atoms with E-state index in [4.69, 9.17) is 4.74 Å². The lowest BCUT2D eigenvalue weighted by molar-refractivity contribution is -0.117. The molecule has 2 amide bonds. The molecule has 3 saturated carbocycles. The summed E-state index contributed by atoms with van der Waals surface area (Å²) in [6.07, 6.45) is 8.73. The summed E-state index contributed by atoms with van der Waals surface area (Å²) in [6, 6.07) is 7.20. The molecule has 7 rings (SSSR count). The zero-order chi connectivity index (χ0) is 24.3. The second kappa shape index (κ2) is 7.15. The van der Waals surface area contributed by atoms with Crippen molar-refractivity contribution in [3.8, 4) is 0 Å². The number of imide groups is 1. The van der Waals surface area contributed by atoms with Crippen LogP contribution in [0.5, 0.6) is 0 Å². The van der Waals surface area contributed by atoms with Crippen molar-refractivity contribution < 1.29 is 19.1 Å². The Bertz CT molecular complexity index is 1150. The largest absolute Gasteiger partial charge is 0.365 e. The lowest BCUT2D eigenvalue weighted by atomic mass is 9.46. The number of fused-ring (bicyclic) bond motifs is 9. The van der Waals surface area contributed by atoms with E-state index < -0.39 is 0 Å². The highest BCUT2D eigenvalue weighted by Crippen LogP contribution is 2.70. The van der Waals surface area contributed by atoms with Crippen LogP contribution in [0.4, 0.5) is 0 Å².